The smallest absolute Gasteiger partial charge is 0.337 e. The second-order valence-electron chi connectivity index (χ2n) is 7.85. The Labute approximate surface area is 187 Å². The van der Waals surface area contributed by atoms with E-state index in [1.807, 2.05) is 30.3 Å². The lowest BCUT2D eigenvalue weighted by molar-refractivity contribution is 0.0600. The molecule has 0 radical (unpaired) electrons. The van der Waals surface area contributed by atoms with Crippen molar-refractivity contribution in [1.82, 2.24) is 15.4 Å². The summed E-state index contributed by atoms with van der Waals surface area (Å²) >= 11 is 0. The molecule has 3 aromatic rings. The molecule has 8 heteroatoms. The first-order valence-corrected chi connectivity index (χ1v) is 10.5. The van der Waals surface area contributed by atoms with Gasteiger partial charge in [0.15, 0.2) is 0 Å². The maximum Gasteiger partial charge on any atom is 0.337 e. The average Bonchev–Trinajstić information content (AvgIpc) is 3.18. The van der Waals surface area contributed by atoms with Crippen LogP contribution in [0.1, 0.15) is 47.1 Å². The van der Waals surface area contributed by atoms with Gasteiger partial charge in [0, 0.05) is 24.0 Å². The van der Waals surface area contributed by atoms with Gasteiger partial charge >= 0.3 is 5.97 Å². The van der Waals surface area contributed by atoms with Crippen LogP contribution in [0.4, 0.5) is 11.5 Å². The van der Waals surface area contributed by atoms with Crippen LogP contribution in [0.2, 0.25) is 0 Å². The van der Waals surface area contributed by atoms with Crippen LogP contribution in [0.25, 0.3) is 0 Å². The largest absolute Gasteiger partial charge is 0.497 e. The number of pyridine rings is 2. The van der Waals surface area contributed by atoms with Gasteiger partial charge in [0.2, 0.25) is 0 Å². The summed E-state index contributed by atoms with van der Waals surface area (Å²) in [5.41, 5.74) is 7.84. The number of fused-ring (bicyclic) bond motifs is 1. The molecule has 166 valence electrons. The Hall–Kier alpha value is -3.65. The SMILES string of the molecule is COC(=O)c1ccnc(C2NN(Cc3ccc(OC)cc3)c3ccnc(NC(C)C)c32)c1. The van der Waals surface area contributed by atoms with E-state index in [0.29, 0.717) is 17.8 Å². The highest BCUT2D eigenvalue weighted by molar-refractivity contribution is 5.89. The minimum atomic E-state index is -0.395. The summed E-state index contributed by atoms with van der Waals surface area (Å²) in [6.45, 7) is 4.78. The molecule has 2 aromatic heterocycles. The third-order valence-corrected chi connectivity index (χ3v) is 5.25. The number of ether oxygens (including phenoxy) is 2. The lowest BCUT2D eigenvalue weighted by Gasteiger charge is -2.21. The number of rotatable bonds is 7. The number of hydrogen-bond acceptors (Lipinski definition) is 8. The minimum absolute atomic E-state index is 0.208. The maximum atomic E-state index is 12.1. The number of hydrazine groups is 1. The standard InChI is InChI=1S/C24H27N5O3/c1-15(2)27-23-21-20(10-12-26-23)29(14-16-5-7-18(31-3)8-6-16)28-22(21)19-13-17(9-11-25-19)24(30)32-4/h5-13,15,22,28H,14H2,1-4H3,(H,26,27). The number of carbonyl (C=O) groups excluding carboxylic acids is 1. The highest BCUT2D eigenvalue weighted by atomic mass is 16.5. The van der Waals surface area contributed by atoms with Gasteiger partial charge in [0.25, 0.3) is 0 Å². The molecule has 0 amide bonds. The molecule has 0 aliphatic carbocycles. The zero-order valence-corrected chi connectivity index (χ0v) is 18.6. The third kappa shape index (κ3) is 4.36. The van der Waals surface area contributed by atoms with Crippen LogP contribution >= 0.6 is 0 Å². The van der Waals surface area contributed by atoms with Crippen molar-refractivity contribution in [3.8, 4) is 5.75 Å². The van der Waals surface area contributed by atoms with E-state index >= 15 is 0 Å². The first-order valence-electron chi connectivity index (χ1n) is 10.5. The Morgan fingerprint density at radius 3 is 2.56 bits per heavy atom. The fourth-order valence-corrected chi connectivity index (χ4v) is 3.77. The summed E-state index contributed by atoms with van der Waals surface area (Å²) in [7, 11) is 3.03. The number of aromatic nitrogens is 2. The van der Waals surface area contributed by atoms with Crippen molar-refractivity contribution in [2.75, 3.05) is 24.5 Å². The van der Waals surface area contributed by atoms with Gasteiger partial charge in [-0.1, -0.05) is 12.1 Å². The summed E-state index contributed by atoms with van der Waals surface area (Å²) in [5.74, 6) is 1.21. The van der Waals surface area contributed by atoms with Crippen molar-refractivity contribution in [2.24, 2.45) is 0 Å². The number of methoxy groups -OCH3 is 2. The van der Waals surface area contributed by atoms with E-state index < -0.39 is 5.97 Å². The number of carbonyl (C=O) groups is 1. The molecule has 0 saturated carbocycles. The Morgan fingerprint density at radius 2 is 1.88 bits per heavy atom. The van der Waals surface area contributed by atoms with Crippen LogP contribution in [0.3, 0.4) is 0 Å². The minimum Gasteiger partial charge on any atom is -0.497 e. The van der Waals surface area contributed by atoms with Gasteiger partial charge < -0.3 is 19.8 Å². The topological polar surface area (TPSA) is 88.6 Å². The van der Waals surface area contributed by atoms with Gasteiger partial charge in [0.1, 0.15) is 11.6 Å². The van der Waals surface area contributed by atoms with Crippen LogP contribution in [0.5, 0.6) is 5.75 Å². The van der Waals surface area contributed by atoms with Gasteiger partial charge in [-0.25, -0.2) is 15.2 Å². The first-order chi connectivity index (χ1) is 15.5. The molecular weight excluding hydrogens is 406 g/mol. The highest BCUT2D eigenvalue weighted by Gasteiger charge is 2.34. The van der Waals surface area contributed by atoms with Gasteiger partial charge in [-0.15, -0.1) is 0 Å². The molecular formula is C24H27N5O3. The van der Waals surface area contributed by atoms with Gasteiger partial charge in [-0.2, -0.15) is 0 Å². The third-order valence-electron chi connectivity index (χ3n) is 5.25. The summed E-state index contributed by atoms with van der Waals surface area (Å²) in [5, 5.41) is 5.52. The Bertz CT molecular complexity index is 1100. The molecule has 1 atom stereocenters. The molecule has 1 aliphatic heterocycles. The number of hydrogen-bond donors (Lipinski definition) is 2. The summed E-state index contributed by atoms with van der Waals surface area (Å²) in [4.78, 5) is 21.2. The van der Waals surface area contributed by atoms with Crippen molar-refractivity contribution in [2.45, 2.75) is 32.5 Å². The summed E-state index contributed by atoms with van der Waals surface area (Å²) in [6.07, 6.45) is 3.42. The Kier molecular flexibility index (Phi) is 6.23. The molecule has 2 N–H and O–H groups in total. The van der Waals surface area contributed by atoms with E-state index in [-0.39, 0.29) is 12.1 Å². The number of nitrogens with zero attached hydrogens (tertiary/aromatic N) is 3. The van der Waals surface area contributed by atoms with E-state index in [0.717, 1.165) is 28.4 Å². The molecule has 0 bridgehead atoms. The molecule has 0 spiro atoms. The van der Waals surface area contributed by atoms with E-state index in [4.69, 9.17) is 9.47 Å². The average molecular weight is 434 g/mol. The van der Waals surface area contributed by atoms with Gasteiger partial charge in [-0.05, 0) is 49.7 Å². The molecule has 1 aromatic carbocycles. The van der Waals surface area contributed by atoms with E-state index in [2.05, 4.69) is 39.6 Å². The molecule has 0 fully saturated rings. The van der Waals surface area contributed by atoms with E-state index in [1.54, 1.807) is 31.6 Å². The molecule has 1 unspecified atom stereocenters. The summed E-state index contributed by atoms with van der Waals surface area (Å²) in [6, 6.07) is 13.3. The molecule has 3 heterocycles. The molecule has 0 saturated heterocycles. The fraction of sp³-hybridized carbons (Fsp3) is 0.292. The predicted octanol–water partition coefficient (Wildman–Crippen LogP) is 3.71. The Morgan fingerprint density at radius 1 is 1.12 bits per heavy atom. The fourth-order valence-electron chi connectivity index (χ4n) is 3.77. The second kappa shape index (κ2) is 9.23. The molecule has 32 heavy (non-hydrogen) atoms. The van der Waals surface area contributed by atoms with E-state index in [9.17, 15) is 4.79 Å². The van der Waals surface area contributed by atoms with Crippen LogP contribution < -0.4 is 20.5 Å². The quantitative estimate of drug-likeness (QED) is 0.545. The van der Waals surface area contributed by atoms with Gasteiger partial charge in [0.05, 0.1) is 43.8 Å². The second-order valence-corrected chi connectivity index (χ2v) is 7.85. The van der Waals surface area contributed by atoms with Gasteiger partial charge in [-0.3, -0.25) is 4.98 Å². The van der Waals surface area contributed by atoms with E-state index in [1.165, 1.54) is 7.11 Å². The molecule has 1 aliphatic rings. The van der Waals surface area contributed by atoms with Crippen LogP contribution in [0, 0.1) is 0 Å². The van der Waals surface area contributed by atoms with Crippen LogP contribution in [-0.2, 0) is 11.3 Å². The maximum absolute atomic E-state index is 12.1. The monoisotopic (exact) mass is 433 g/mol. The first kappa shape index (κ1) is 21.6. The number of anilines is 2. The molecule has 8 nitrogen and oxygen atoms in total. The lowest BCUT2D eigenvalue weighted by atomic mass is 10.0. The Balaban J connectivity index is 1.73. The zero-order chi connectivity index (χ0) is 22.7. The predicted molar refractivity (Wildman–Crippen MR) is 123 cm³/mol. The highest BCUT2D eigenvalue weighted by Crippen LogP contribution is 2.41. The number of nitrogens with one attached hydrogen (secondary N) is 2. The van der Waals surface area contributed by atoms with Crippen molar-refractivity contribution in [3.63, 3.8) is 0 Å². The summed E-state index contributed by atoms with van der Waals surface area (Å²) < 4.78 is 10.2. The van der Waals surface area contributed by atoms with Crippen molar-refractivity contribution >= 4 is 17.5 Å². The number of esters is 1. The van der Waals surface area contributed by atoms with Crippen LogP contribution in [0.15, 0.2) is 54.9 Å². The van der Waals surface area contributed by atoms with Crippen molar-refractivity contribution in [1.29, 1.82) is 0 Å². The lowest BCUT2D eigenvalue weighted by Crippen LogP contribution is -2.34. The zero-order valence-electron chi connectivity index (χ0n) is 18.6. The molecule has 4 rings (SSSR count). The van der Waals surface area contributed by atoms with Crippen LogP contribution in [-0.4, -0.2) is 36.2 Å². The number of benzene rings is 1. The van der Waals surface area contributed by atoms with Crippen molar-refractivity contribution < 1.29 is 14.3 Å². The normalized spacial score (nSPS) is 14.9. The van der Waals surface area contributed by atoms with Crippen molar-refractivity contribution in [3.05, 3.63) is 77.2 Å².